The highest BCUT2D eigenvalue weighted by atomic mass is 19.4. The fourth-order valence-electron chi connectivity index (χ4n) is 3.16. The summed E-state index contributed by atoms with van der Waals surface area (Å²) < 4.78 is 39.6. The molecular weight excluding hydrogens is 345 g/mol. The summed E-state index contributed by atoms with van der Waals surface area (Å²) in [6.07, 6.45) is 0.727. The van der Waals surface area contributed by atoms with E-state index in [1.165, 1.54) is 12.1 Å². The van der Waals surface area contributed by atoms with Crippen LogP contribution in [0.5, 0.6) is 0 Å². The number of carbonyl (C=O) groups is 1. The first-order chi connectivity index (χ1) is 12.3. The Bertz CT molecular complexity index is 755. The first kappa shape index (κ1) is 18.4. The number of aromatic nitrogens is 2. The standard InChI is InChI=1S/C18H21F3N4O/c1-24-11-16(22-12-24)17(26)23-15-3-2-8-25(10-15)9-13-4-6-14(7-5-13)18(19,20)21/h4-7,11-12,15H,2-3,8-10H2,1H3,(H,23,26). The molecule has 2 aromatic rings. The van der Waals surface area contributed by atoms with E-state index in [-0.39, 0.29) is 11.9 Å². The fourth-order valence-corrected chi connectivity index (χ4v) is 3.16. The monoisotopic (exact) mass is 366 g/mol. The molecule has 1 unspecified atom stereocenters. The average Bonchev–Trinajstić information content (AvgIpc) is 3.01. The van der Waals surface area contributed by atoms with Crippen LogP contribution in [0.1, 0.15) is 34.5 Å². The maximum Gasteiger partial charge on any atom is 0.416 e. The molecule has 1 atom stereocenters. The van der Waals surface area contributed by atoms with Gasteiger partial charge in [-0.2, -0.15) is 13.2 Å². The Hall–Kier alpha value is -2.35. The number of alkyl halides is 3. The number of amides is 1. The van der Waals surface area contributed by atoms with Crippen molar-refractivity contribution in [1.29, 1.82) is 0 Å². The van der Waals surface area contributed by atoms with E-state index in [0.717, 1.165) is 37.1 Å². The highest BCUT2D eigenvalue weighted by Crippen LogP contribution is 2.29. The number of hydrogen-bond acceptors (Lipinski definition) is 3. The molecular formula is C18H21F3N4O. The molecule has 1 N–H and O–H groups in total. The molecule has 0 radical (unpaired) electrons. The van der Waals surface area contributed by atoms with Gasteiger partial charge in [-0.25, -0.2) is 4.98 Å². The van der Waals surface area contributed by atoms with E-state index in [1.54, 1.807) is 24.1 Å². The lowest BCUT2D eigenvalue weighted by Gasteiger charge is -2.33. The number of likely N-dealkylation sites (tertiary alicyclic amines) is 1. The Labute approximate surface area is 149 Å². The number of carbonyl (C=O) groups excluding carboxylic acids is 1. The van der Waals surface area contributed by atoms with Crippen molar-refractivity contribution in [2.24, 2.45) is 7.05 Å². The van der Waals surface area contributed by atoms with E-state index in [0.29, 0.717) is 18.8 Å². The number of hydrogen-bond donors (Lipinski definition) is 1. The van der Waals surface area contributed by atoms with Gasteiger partial charge in [-0.3, -0.25) is 9.69 Å². The Morgan fingerprint density at radius 3 is 2.65 bits per heavy atom. The molecule has 8 heteroatoms. The molecule has 1 aromatic carbocycles. The van der Waals surface area contributed by atoms with Crippen molar-refractivity contribution in [3.63, 3.8) is 0 Å². The van der Waals surface area contributed by atoms with Crippen LogP contribution in [0.15, 0.2) is 36.8 Å². The van der Waals surface area contributed by atoms with Crippen LogP contribution in [0, 0.1) is 0 Å². The maximum absolute atomic E-state index is 12.6. The SMILES string of the molecule is Cn1cnc(C(=O)NC2CCCN(Cc3ccc(C(F)(F)F)cc3)C2)c1. The summed E-state index contributed by atoms with van der Waals surface area (Å²) >= 11 is 0. The average molecular weight is 366 g/mol. The zero-order chi connectivity index (χ0) is 18.7. The summed E-state index contributed by atoms with van der Waals surface area (Å²) in [4.78, 5) is 18.4. The van der Waals surface area contributed by atoms with Crippen LogP contribution < -0.4 is 5.32 Å². The van der Waals surface area contributed by atoms with Gasteiger partial charge in [-0.05, 0) is 37.1 Å². The number of nitrogens with zero attached hydrogens (tertiary/aromatic N) is 3. The normalized spacial score (nSPS) is 18.7. The molecule has 1 fully saturated rings. The van der Waals surface area contributed by atoms with Gasteiger partial charge >= 0.3 is 6.18 Å². The second-order valence-electron chi connectivity index (χ2n) is 6.67. The van der Waals surface area contributed by atoms with E-state index in [4.69, 9.17) is 0 Å². The smallest absolute Gasteiger partial charge is 0.347 e. The van der Waals surface area contributed by atoms with Crippen molar-refractivity contribution in [1.82, 2.24) is 19.8 Å². The molecule has 1 aliphatic rings. The number of benzene rings is 1. The van der Waals surface area contributed by atoms with E-state index in [2.05, 4.69) is 15.2 Å². The third kappa shape index (κ3) is 4.63. The van der Waals surface area contributed by atoms with Gasteiger partial charge in [0.2, 0.25) is 0 Å². The number of aryl methyl sites for hydroxylation is 1. The number of piperidine rings is 1. The highest BCUT2D eigenvalue weighted by molar-refractivity contribution is 5.92. The third-order valence-electron chi connectivity index (χ3n) is 4.47. The summed E-state index contributed by atoms with van der Waals surface area (Å²) in [5.74, 6) is -0.202. The largest absolute Gasteiger partial charge is 0.416 e. The summed E-state index contributed by atoms with van der Waals surface area (Å²) in [5.41, 5.74) is 0.572. The quantitative estimate of drug-likeness (QED) is 0.905. The van der Waals surface area contributed by atoms with Gasteiger partial charge in [0, 0.05) is 32.4 Å². The summed E-state index contributed by atoms with van der Waals surface area (Å²) in [5, 5.41) is 2.99. The maximum atomic E-state index is 12.6. The molecule has 1 aliphatic heterocycles. The zero-order valence-electron chi connectivity index (χ0n) is 14.5. The van der Waals surface area contributed by atoms with Gasteiger partial charge in [0.15, 0.2) is 0 Å². The van der Waals surface area contributed by atoms with Gasteiger partial charge in [0.1, 0.15) is 5.69 Å². The minimum absolute atomic E-state index is 0.00713. The van der Waals surface area contributed by atoms with E-state index in [1.807, 2.05) is 0 Å². The second-order valence-corrected chi connectivity index (χ2v) is 6.67. The zero-order valence-corrected chi connectivity index (χ0v) is 14.5. The number of nitrogens with one attached hydrogen (secondary N) is 1. The first-order valence-electron chi connectivity index (χ1n) is 8.48. The van der Waals surface area contributed by atoms with Crippen molar-refractivity contribution in [2.75, 3.05) is 13.1 Å². The van der Waals surface area contributed by atoms with E-state index >= 15 is 0 Å². The second kappa shape index (κ2) is 7.49. The van der Waals surface area contributed by atoms with Gasteiger partial charge in [-0.15, -0.1) is 0 Å². The fraction of sp³-hybridized carbons (Fsp3) is 0.444. The predicted octanol–water partition coefficient (Wildman–Crippen LogP) is 2.83. The highest BCUT2D eigenvalue weighted by Gasteiger charge is 2.30. The molecule has 1 saturated heterocycles. The van der Waals surface area contributed by atoms with Crippen LogP contribution in [0.4, 0.5) is 13.2 Å². The molecule has 0 saturated carbocycles. The van der Waals surface area contributed by atoms with Crippen LogP contribution in [0.3, 0.4) is 0 Å². The Morgan fingerprint density at radius 1 is 1.31 bits per heavy atom. The third-order valence-corrected chi connectivity index (χ3v) is 4.47. The molecule has 140 valence electrons. The molecule has 1 amide bonds. The van der Waals surface area contributed by atoms with Gasteiger partial charge in [-0.1, -0.05) is 12.1 Å². The van der Waals surface area contributed by atoms with Crippen LogP contribution >= 0.6 is 0 Å². The number of halogens is 3. The summed E-state index contributed by atoms with van der Waals surface area (Å²) in [6.45, 7) is 2.09. The molecule has 0 spiro atoms. The lowest BCUT2D eigenvalue weighted by atomic mass is 10.0. The first-order valence-corrected chi connectivity index (χ1v) is 8.48. The Kier molecular flexibility index (Phi) is 5.31. The molecule has 5 nitrogen and oxygen atoms in total. The van der Waals surface area contributed by atoms with Crippen molar-refractivity contribution < 1.29 is 18.0 Å². The number of imidazole rings is 1. The van der Waals surface area contributed by atoms with Crippen LogP contribution in [0.25, 0.3) is 0 Å². The summed E-state index contributed by atoms with van der Waals surface area (Å²) in [6, 6.07) is 5.25. The summed E-state index contributed by atoms with van der Waals surface area (Å²) in [7, 11) is 1.80. The number of rotatable bonds is 4. The van der Waals surface area contributed by atoms with Crippen molar-refractivity contribution in [3.8, 4) is 0 Å². The minimum atomic E-state index is -4.31. The van der Waals surface area contributed by atoms with Crippen LogP contribution in [0.2, 0.25) is 0 Å². The molecule has 26 heavy (non-hydrogen) atoms. The lowest BCUT2D eigenvalue weighted by molar-refractivity contribution is -0.137. The van der Waals surface area contributed by atoms with Crippen LogP contribution in [-0.2, 0) is 19.8 Å². The molecule has 2 heterocycles. The minimum Gasteiger partial charge on any atom is -0.347 e. The van der Waals surface area contributed by atoms with Gasteiger partial charge < -0.3 is 9.88 Å². The van der Waals surface area contributed by atoms with E-state index in [9.17, 15) is 18.0 Å². The van der Waals surface area contributed by atoms with E-state index < -0.39 is 11.7 Å². The molecule has 0 aliphatic carbocycles. The van der Waals surface area contributed by atoms with Crippen molar-refractivity contribution in [3.05, 3.63) is 53.6 Å². The molecule has 3 rings (SSSR count). The van der Waals surface area contributed by atoms with Gasteiger partial charge in [0.25, 0.3) is 5.91 Å². The van der Waals surface area contributed by atoms with Crippen molar-refractivity contribution in [2.45, 2.75) is 31.6 Å². The molecule has 0 bridgehead atoms. The Balaban J connectivity index is 1.56. The topological polar surface area (TPSA) is 50.2 Å². The van der Waals surface area contributed by atoms with Gasteiger partial charge in [0.05, 0.1) is 11.9 Å². The predicted molar refractivity (Wildman–Crippen MR) is 90.4 cm³/mol. The van der Waals surface area contributed by atoms with Crippen LogP contribution in [-0.4, -0.2) is 39.5 Å². The lowest BCUT2D eigenvalue weighted by Crippen LogP contribution is -2.47. The Morgan fingerprint density at radius 2 is 2.04 bits per heavy atom. The molecule has 1 aromatic heterocycles. The van der Waals surface area contributed by atoms with Crippen molar-refractivity contribution >= 4 is 5.91 Å².